The SMILES string of the molecule is Oc1ccc(/C2=c3\cc/c([nH]3)=C(\c3ccc(O)cc3)C3=NC(C=C3)C(c3ccc(O)cc3)c3ccc([nH]3)C(c3ccc(O)cc3)C3C=CC2=N3)cc1. The molecule has 0 amide bonds. The van der Waals surface area contributed by atoms with Crippen LogP contribution in [0.1, 0.15) is 45.5 Å². The Balaban J connectivity index is 1.34. The van der Waals surface area contributed by atoms with Crippen LogP contribution in [0.5, 0.6) is 23.0 Å². The Kier molecular flexibility index (Phi) is 7.51. The number of phenolic OH excluding ortho intramolecular Hbond substituents is 4. The van der Waals surface area contributed by atoms with Crippen LogP contribution in [-0.4, -0.2) is 53.9 Å². The highest BCUT2D eigenvalue weighted by molar-refractivity contribution is 6.30. The molecule has 4 unspecified atom stereocenters. The lowest BCUT2D eigenvalue weighted by atomic mass is 9.89. The highest BCUT2D eigenvalue weighted by Crippen LogP contribution is 2.39. The van der Waals surface area contributed by atoms with E-state index in [2.05, 4.69) is 46.4 Å². The van der Waals surface area contributed by atoms with E-state index in [4.69, 9.17) is 9.98 Å². The Labute approximate surface area is 299 Å². The fraction of sp³-hybridized carbons (Fsp3) is 0.0909. The van der Waals surface area contributed by atoms with Crippen LogP contribution in [0, 0.1) is 0 Å². The molecule has 6 aromatic rings. The van der Waals surface area contributed by atoms with Gasteiger partial charge in [0.15, 0.2) is 0 Å². The second kappa shape index (κ2) is 12.5. The molecule has 3 aliphatic heterocycles. The maximum atomic E-state index is 10.2. The molecule has 9 rings (SSSR count). The quantitative estimate of drug-likeness (QED) is 0.130. The van der Waals surface area contributed by atoms with Crippen LogP contribution in [0.15, 0.2) is 156 Å². The number of fused-ring (bicyclic) bond motifs is 6. The van der Waals surface area contributed by atoms with Gasteiger partial charge >= 0.3 is 0 Å². The van der Waals surface area contributed by atoms with Gasteiger partial charge in [-0.3, -0.25) is 9.98 Å². The van der Waals surface area contributed by atoms with Gasteiger partial charge in [0.25, 0.3) is 0 Å². The van der Waals surface area contributed by atoms with Gasteiger partial charge in [0.05, 0.1) is 35.3 Å². The molecule has 0 fully saturated rings. The molecule has 52 heavy (non-hydrogen) atoms. The van der Waals surface area contributed by atoms with Gasteiger partial charge < -0.3 is 30.4 Å². The van der Waals surface area contributed by atoms with E-state index in [1.807, 2.05) is 60.7 Å². The monoisotopic (exact) mass is 682 g/mol. The van der Waals surface area contributed by atoms with E-state index in [-0.39, 0.29) is 46.9 Å². The van der Waals surface area contributed by atoms with Gasteiger partial charge in [-0.2, -0.15) is 0 Å². The Bertz CT molecular complexity index is 2380. The van der Waals surface area contributed by atoms with Crippen LogP contribution in [0.25, 0.3) is 11.1 Å². The van der Waals surface area contributed by atoms with E-state index in [1.54, 1.807) is 48.5 Å². The minimum absolute atomic E-state index is 0.176. The number of allylic oxidation sites excluding steroid dienone is 2. The van der Waals surface area contributed by atoms with Crippen molar-refractivity contribution in [2.24, 2.45) is 9.98 Å². The van der Waals surface area contributed by atoms with Crippen molar-refractivity contribution in [3.05, 3.63) is 190 Å². The van der Waals surface area contributed by atoms with Crippen molar-refractivity contribution in [3.8, 4) is 23.0 Å². The van der Waals surface area contributed by atoms with Crippen LogP contribution in [-0.2, 0) is 0 Å². The van der Waals surface area contributed by atoms with Gasteiger partial charge in [0.2, 0.25) is 0 Å². The zero-order chi connectivity index (χ0) is 35.3. The summed E-state index contributed by atoms with van der Waals surface area (Å²) in [6.07, 6.45) is 8.36. The molecule has 0 aliphatic carbocycles. The third-order valence-electron chi connectivity index (χ3n) is 10.1. The van der Waals surface area contributed by atoms with E-state index in [0.29, 0.717) is 0 Å². The summed E-state index contributed by atoms with van der Waals surface area (Å²) in [5, 5.41) is 42.4. The molecule has 6 N–H and O–H groups in total. The Morgan fingerprint density at radius 3 is 1.15 bits per heavy atom. The molecule has 8 bridgehead atoms. The third-order valence-corrected chi connectivity index (χ3v) is 10.1. The van der Waals surface area contributed by atoms with Crippen molar-refractivity contribution in [2.45, 2.75) is 23.9 Å². The summed E-state index contributed by atoms with van der Waals surface area (Å²) < 4.78 is 0. The van der Waals surface area contributed by atoms with Gasteiger partial charge in [-0.05, 0) is 107 Å². The molecule has 5 heterocycles. The Morgan fingerprint density at radius 2 is 0.769 bits per heavy atom. The average molecular weight is 683 g/mol. The predicted molar refractivity (Wildman–Crippen MR) is 203 cm³/mol. The Morgan fingerprint density at radius 1 is 0.404 bits per heavy atom. The molecule has 0 radical (unpaired) electrons. The lowest BCUT2D eigenvalue weighted by Gasteiger charge is -2.23. The van der Waals surface area contributed by atoms with Crippen molar-refractivity contribution >= 4 is 22.6 Å². The zero-order valence-electron chi connectivity index (χ0n) is 27.8. The van der Waals surface area contributed by atoms with E-state index in [0.717, 1.165) is 66.9 Å². The van der Waals surface area contributed by atoms with Crippen molar-refractivity contribution in [2.75, 3.05) is 0 Å². The van der Waals surface area contributed by atoms with E-state index in [9.17, 15) is 20.4 Å². The summed E-state index contributed by atoms with van der Waals surface area (Å²) in [7, 11) is 0. The molecule has 0 saturated heterocycles. The van der Waals surface area contributed by atoms with E-state index >= 15 is 0 Å². The number of aromatic nitrogens is 2. The number of hydrogen-bond acceptors (Lipinski definition) is 6. The topological polar surface area (TPSA) is 137 Å². The molecule has 2 aromatic heterocycles. The number of aromatic amines is 2. The number of rotatable bonds is 4. The third kappa shape index (κ3) is 5.60. The zero-order valence-corrected chi connectivity index (χ0v) is 27.8. The standard InChI is InChI=1S/C44H34N4O4/c49-29-9-1-25(2-10-29)41-33-17-19-35(45-33)42(26-3-11-30(50)12-4-26)37-21-23-39(47-37)44(28-7-15-32(52)16-8-28)40-24-22-38(48-40)43(36-20-18-34(41)46-36)27-5-13-31(51)14-6-27/h1-24,33,38,41,43,46-47,49-52H/b42-37-,44-39-. The predicted octanol–water partition coefficient (Wildman–Crippen LogP) is 6.30. The molecule has 4 aromatic carbocycles. The second-order valence-corrected chi connectivity index (χ2v) is 13.4. The van der Waals surface area contributed by atoms with Crippen molar-refractivity contribution in [1.82, 2.24) is 9.97 Å². The number of hydrogen-bond donors (Lipinski definition) is 6. The molecular weight excluding hydrogens is 649 g/mol. The van der Waals surface area contributed by atoms with Crippen molar-refractivity contribution in [3.63, 3.8) is 0 Å². The first-order valence-corrected chi connectivity index (χ1v) is 17.2. The molecular formula is C44H34N4O4. The summed E-state index contributed by atoms with van der Waals surface area (Å²) in [5.74, 6) is 0.330. The summed E-state index contributed by atoms with van der Waals surface area (Å²) in [4.78, 5) is 18.2. The van der Waals surface area contributed by atoms with E-state index in [1.165, 1.54) is 0 Å². The molecule has 3 aliphatic rings. The molecule has 0 spiro atoms. The molecule has 8 nitrogen and oxygen atoms in total. The lowest BCUT2D eigenvalue weighted by Crippen LogP contribution is -2.22. The minimum Gasteiger partial charge on any atom is -0.508 e. The highest BCUT2D eigenvalue weighted by atomic mass is 16.3. The highest BCUT2D eigenvalue weighted by Gasteiger charge is 2.32. The maximum Gasteiger partial charge on any atom is 0.115 e. The Hall–Kier alpha value is -6.80. The number of phenols is 4. The molecule has 8 heteroatoms. The van der Waals surface area contributed by atoms with Crippen LogP contribution in [0.4, 0.5) is 0 Å². The van der Waals surface area contributed by atoms with Gasteiger partial charge in [0.1, 0.15) is 23.0 Å². The first kappa shape index (κ1) is 31.2. The fourth-order valence-electron chi connectivity index (χ4n) is 7.64. The fourth-order valence-corrected chi connectivity index (χ4v) is 7.64. The number of aliphatic imine (C=N–C) groups is 2. The van der Waals surface area contributed by atoms with Crippen molar-refractivity contribution in [1.29, 1.82) is 0 Å². The maximum absolute atomic E-state index is 10.2. The minimum atomic E-state index is -0.275. The number of nitrogens with one attached hydrogen (secondary N) is 2. The van der Waals surface area contributed by atoms with Crippen LogP contribution >= 0.6 is 0 Å². The first-order valence-electron chi connectivity index (χ1n) is 17.2. The normalized spacial score (nSPS) is 22.7. The summed E-state index contributed by atoms with van der Waals surface area (Å²) in [6.45, 7) is 0. The number of benzene rings is 4. The number of aromatic hydroxyl groups is 4. The van der Waals surface area contributed by atoms with Gasteiger partial charge in [-0.1, -0.05) is 60.7 Å². The van der Waals surface area contributed by atoms with E-state index < -0.39 is 0 Å². The summed E-state index contributed by atoms with van der Waals surface area (Å²) in [5.41, 5.74) is 9.05. The smallest absolute Gasteiger partial charge is 0.115 e. The molecule has 254 valence electrons. The summed E-state index contributed by atoms with van der Waals surface area (Å²) >= 11 is 0. The molecule has 4 atom stereocenters. The second-order valence-electron chi connectivity index (χ2n) is 13.4. The van der Waals surface area contributed by atoms with Crippen LogP contribution < -0.4 is 10.7 Å². The number of H-pyrrole nitrogens is 2. The largest absolute Gasteiger partial charge is 0.508 e. The number of nitrogens with zero attached hydrogens (tertiary/aromatic N) is 2. The van der Waals surface area contributed by atoms with Gasteiger partial charge in [-0.25, -0.2) is 0 Å². The molecule has 0 saturated carbocycles. The van der Waals surface area contributed by atoms with Gasteiger partial charge in [-0.15, -0.1) is 0 Å². The lowest BCUT2D eigenvalue weighted by molar-refractivity contribution is 0.474. The van der Waals surface area contributed by atoms with Gasteiger partial charge in [0, 0.05) is 33.2 Å². The summed E-state index contributed by atoms with van der Waals surface area (Å²) in [6, 6.07) is 36.6. The van der Waals surface area contributed by atoms with Crippen LogP contribution in [0.3, 0.4) is 0 Å². The van der Waals surface area contributed by atoms with Crippen LogP contribution in [0.2, 0.25) is 0 Å². The first-order chi connectivity index (χ1) is 25.4. The average Bonchev–Trinajstić information content (AvgIpc) is 3.99. The van der Waals surface area contributed by atoms with Crippen molar-refractivity contribution < 1.29 is 20.4 Å².